The van der Waals surface area contributed by atoms with Gasteiger partial charge in [-0.05, 0) is 56.3 Å². The Labute approximate surface area is 141 Å². The fraction of sp³-hybridized carbons (Fsp3) is 0.235. The van der Waals surface area contributed by atoms with Crippen molar-refractivity contribution in [1.29, 1.82) is 0 Å². The van der Waals surface area contributed by atoms with Crippen molar-refractivity contribution in [2.75, 3.05) is 11.8 Å². The lowest BCUT2D eigenvalue weighted by Gasteiger charge is -2.11. The number of anilines is 1. The van der Waals surface area contributed by atoms with E-state index in [4.69, 9.17) is 4.74 Å². The summed E-state index contributed by atoms with van der Waals surface area (Å²) in [6.07, 6.45) is 0.00615. The molecule has 0 unspecified atom stereocenters. The number of sulfonamides is 1. The second kappa shape index (κ2) is 7.35. The summed E-state index contributed by atoms with van der Waals surface area (Å²) in [6.45, 7) is 3.78. The molecule has 0 bridgehead atoms. The largest absolute Gasteiger partial charge is 0.491 e. The number of carbonyl (C=O) groups excluding carboxylic acids is 1. The molecule has 128 valence electrons. The average Bonchev–Trinajstić information content (AvgIpc) is 2.54. The first kappa shape index (κ1) is 17.8. The minimum Gasteiger partial charge on any atom is -0.491 e. The van der Waals surface area contributed by atoms with E-state index in [2.05, 4.69) is 9.46 Å². The second-order valence-corrected chi connectivity index (χ2v) is 7.00. The summed E-state index contributed by atoms with van der Waals surface area (Å²) in [5.74, 6) is 0.0582. The molecule has 2 aromatic carbocycles. The monoisotopic (exact) mass is 349 g/mol. The smallest absolute Gasteiger partial charge is 0.337 e. The molecule has 24 heavy (non-hydrogen) atoms. The van der Waals surface area contributed by atoms with Gasteiger partial charge in [0, 0.05) is 5.69 Å². The zero-order valence-electron chi connectivity index (χ0n) is 13.6. The number of benzene rings is 2. The van der Waals surface area contributed by atoms with Crippen LogP contribution in [0.1, 0.15) is 24.2 Å². The Morgan fingerprint density at radius 3 is 2.33 bits per heavy atom. The number of rotatable bonds is 6. The summed E-state index contributed by atoms with van der Waals surface area (Å²) in [4.78, 5) is 11.6. The molecule has 0 atom stereocenters. The van der Waals surface area contributed by atoms with Crippen LogP contribution in [0.2, 0.25) is 0 Å². The minimum atomic E-state index is -3.77. The van der Waals surface area contributed by atoms with Crippen LogP contribution in [0.15, 0.2) is 53.4 Å². The van der Waals surface area contributed by atoms with Gasteiger partial charge in [0.15, 0.2) is 0 Å². The summed E-state index contributed by atoms with van der Waals surface area (Å²) < 4.78 is 37.4. The van der Waals surface area contributed by atoms with Gasteiger partial charge < -0.3 is 9.47 Å². The van der Waals surface area contributed by atoms with Crippen molar-refractivity contribution in [3.05, 3.63) is 54.1 Å². The van der Waals surface area contributed by atoms with Crippen molar-refractivity contribution in [2.45, 2.75) is 24.8 Å². The van der Waals surface area contributed by atoms with E-state index in [0.717, 1.165) is 0 Å². The quantitative estimate of drug-likeness (QED) is 0.811. The predicted octanol–water partition coefficient (Wildman–Crippen LogP) is 3.06. The van der Waals surface area contributed by atoms with E-state index in [1.165, 1.54) is 25.3 Å². The van der Waals surface area contributed by atoms with E-state index >= 15 is 0 Å². The van der Waals surface area contributed by atoms with Crippen molar-refractivity contribution >= 4 is 21.7 Å². The van der Waals surface area contributed by atoms with Gasteiger partial charge in [-0.25, -0.2) is 13.2 Å². The summed E-state index contributed by atoms with van der Waals surface area (Å²) in [6, 6.07) is 12.2. The van der Waals surface area contributed by atoms with Gasteiger partial charge in [0.25, 0.3) is 10.0 Å². The molecule has 0 heterocycles. The molecule has 0 amide bonds. The number of nitrogens with one attached hydrogen (secondary N) is 1. The van der Waals surface area contributed by atoms with Crippen LogP contribution in [0.25, 0.3) is 0 Å². The third-order valence-corrected chi connectivity index (χ3v) is 4.44. The van der Waals surface area contributed by atoms with Gasteiger partial charge in [-0.1, -0.05) is 6.07 Å². The van der Waals surface area contributed by atoms with Crippen molar-refractivity contribution in [3.8, 4) is 5.75 Å². The molecule has 6 nitrogen and oxygen atoms in total. The van der Waals surface area contributed by atoms with Crippen LogP contribution >= 0.6 is 0 Å². The summed E-state index contributed by atoms with van der Waals surface area (Å²) >= 11 is 0. The average molecular weight is 349 g/mol. The minimum absolute atomic E-state index is 0.00615. The maximum absolute atomic E-state index is 12.4. The van der Waals surface area contributed by atoms with E-state index in [9.17, 15) is 13.2 Å². The first-order valence-electron chi connectivity index (χ1n) is 7.30. The molecular formula is C17H19NO5S. The molecule has 0 aliphatic rings. The van der Waals surface area contributed by atoms with Crippen LogP contribution in [0.5, 0.6) is 5.75 Å². The zero-order valence-corrected chi connectivity index (χ0v) is 14.5. The number of methoxy groups -OCH3 is 1. The van der Waals surface area contributed by atoms with Gasteiger partial charge in [0.05, 0.1) is 23.7 Å². The molecule has 2 aromatic rings. The van der Waals surface area contributed by atoms with Gasteiger partial charge in [-0.15, -0.1) is 0 Å². The number of ether oxygens (including phenoxy) is 2. The zero-order chi connectivity index (χ0) is 17.7. The molecule has 0 radical (unpaired) electrons. The lowest BCUT2D eigenvalue weighted by atomic mass is 10.2. The fourth-order valence-corrected chi connectivity index (χ4v) is 3.06. The molecule has 0 aliphatic heterocycles. The Hall–Kier alpha value is -2.54. The van der Waals surface area contributed by atoms with Crippen LogP contribution in [0.3, 0.4) is 0 Å². The van der Waals surface area contributed by atoms with Crippen molar-refractivity contribution in [3.63, 3.8) is 0 Å². The molecule has 0 aliphatic carbocycles. The SMILES string of the molecule is COC(=O)c1cccc(NS(=O)(=O)c2ccc(OC(C)C)cc2)c1. The Morgan fingerprint density at radius 2 is 1.75 bits per heavy atom. The van der Waals surface area contributed by atoms with Gasteiger partial charge in [0.2, 0.25) is 0 Å². The number of carbonyl (C=O) groups is 1. The molecule has 7 heteroatoms. The highest BCUT2D eigenvalue weighted by Crippen LogP contribution is 2.20. The van der Waals surface area contributed by atoms with Gasteiger partial charge in [-0.2, -0.15) is 0 Å². The highest BCUT2D eigenvalue weighted by Gasteiger charge is 2.15. The van der Waals surface area contributed by atoms with Gasteiger partial charge >= 0.3 is 5.97 Å². The van der Waals surface area contributed by atoms with E-state index in [-0.39, 0.29) is 22.3 Å². The van der Waals surface area contributed by atoms with E-state index in [1.54, 1.807) is 30.3 Å². The molecular weight excluding hydrogens is 330 g/mol. The molecule has 0 saturated carbocycles. The molecule has 0 saturated heterocycles. The molecule has 2 rings (SSSR count). The second-order valence-electron chi connectivity index (χ2n) is 5.32. The highest BCUT2D eigenvalue weighted by atomic mass is 32.2. The topological polar surface area (TPSA) is 81.7 Å². The third kappa shape index (κ3) is 4.48. The third-order valence-electron chi connectivity index (χ3n) is 3.04. The van der Waals surface area contributed by atoms with Gasteiger partial charge in [-0.3, -0.25) is 4.72 Å². The molecule has 1 N–H and O–H groups in total. The Morgan fingerprint density at radius 1 is 1.08 bits per heavy atom. The molecule has 0 fully saturated rings. The lowest BCUT2D eigenvalue weighted by molar-refractivity contribution is 0.0600. The normalized spacial score (nSPS) is 11.2. The Kier molecular flexibility index (Phi) is 5.46. The Bertz CT molecular complexity index is 813. The molecule has 0 spiro atoms. The van der Waals surface area contributed by atoms with Crippen LogP contribution in [-0.2, 0) is 14.8 Å². The predicted molar refractivity (Wildman–Crippen MR) is 90.8 cm³/mol. The summed E-state index contributed by atoms with van der Waals surface area (Å²) in [7, 11) is -2.50. The van der Waals surface area contributed by atoms with E-state index in [0.29, 0.717) is 5.75 Å². The standard InChI is InChI=1S/C17H19NO5S/c1-12(2)23-15-7-9-16(10-8-15)24(20,21)18-14-6-4-5-13(11-14)17(19)22-3/h4-12,18H,1-3H3. The first-order chi connectivity index (χ1) is 11.3. The number of hydrogen-bond acceptors (Lipinski definition) is 5. The number of hydrogen-bond donors (Lipinski definition) is 1. The first-order valence-corrected chi connectivity index (χ1v) is 8.78. The van der Waals surface area contributed by atoms with Crippen molar-refractivity contribution < 1.29 is 22.7 Å². The van der Waals surface area contributed by atoms with E-state index < -0.39 is 16.0 Å². The maximum Gasteiger partial charge on any atom is 0.337 e. The van der Waals surface area contributed by atoms with Crippen LogP contribution in [0, 0.1) is 0 Å². The lowest BCUT2D eigenvalue weighted by Crippen LogP contribution is -2.13. The Balaban J connectivity index is 2.20. The molecule has 0 aromatic heterocycles. The maximum atomic E-state index is 12.4. The van der Waals surface area contributed by atoms with Gasteiger partial charge in [0.1, 0.15) is 5.75 Å². The van der Waals surface area contributed by atoms with Crippen LogP contribution in [0.4, 0.5) is 5.69 Å². The van der Waals surface area contributed by atoms with Crippen molar-refractivity contribution in [2.24, 2.45) is 0 Å². The van der Waals surface area contributed by atoms with E-state index in [1.807, 2.05) is 13.8 Å². The number of esters is 1. The summed E-state index contributed by atoms with van der Waals surface area (Å²) in [5.41, 5.74) is 0.541. The van der Waals surface area contributed by atoms with Crippen LogP contribution in [-0.4, -0.2) is 27.6 Å². The summed E-state index contributed by atoms with van der Waals surface area (Å²) in [5, 5.41) is 0. The highest BCUT2D eigenvalue weighted by molar-refractivity contribution is 7.92. The van der Waals surface area contributed by atoms with Crippen LogP contribution < -0.4 is 9.46 Å². The fourth-order valence-electron chi connectivity index (χ4n) is 2.01. The van der Waals surface area contributed by atoms with Crippen molar-refractivity contribution in [1.82, 2.24) is 0 Å².